The lowest BCUT2D eigenvalue weighted by Crippen LogP contribution is -2.42. The molecule has 6 nitrogen and oxygen atoms in total. The molecule has 32 heavy (non-hydrogen) atoms. The number of rotatable bonds is 18. The molecular formula is C24H54O6Si2. The minimum Gasteiger partial charge on any atom is -0.414 e. The van der Waals surface area contributed by atoms with Gasteiger partial charge in [0.2, 0.25) is 0 Å². The van der Waals surface area contributed by atoms with Gasteiger partial charge in [-0.25, -0.2) is 0 Å². The van der Waals surface area contributed by atoms with Gasteiger partial charge in [-0.2, -0.15) is 0 Å². The first kappa shape index (κ1) is 32.2. The van der Waals surface area contributed by atoms with E-state index in [0.717, 1.165) is 13.0 Å². The molecule has 0 radical (unpaired) electrons. The van der Waals surface area contributed by atoms with Crippen molar-refractivity contribution in [3.05, 3.63) is 0 Å². The maximum atomic E-state index is 6.18. The van der Waals surface area contributed by atoms with Crippen molar-refractivity contribution < 1.29 is 27.8 Å². The van der Waals surface area contributed by atoms with Gasteiger partial charge in [0.25, 0.3) is 0 Å². The van der Waals surface area contributed by atoms with E-state index < -0.39 is 16.6 Å². The van der Waals surface area contributed by atoms with Crippen molar-refractivity contribution in [2.75, 3.05) is 59.5 Å². The summed E-state index contributed by atoms with van der Waals surface area (Å²) in [5.74, 6) is 0. The highest BCUT2D eigenvalue weighted by Crippen LogP contribution is 2.37. The molecule has 0 spiro atoms. The predicted octanol–water partition coefficient (Wildman–Crippen LogP) is 5.88. The summed E-state index contributed by atoms with van der Waals surface area (Å²) in [6.45, 7) is 29.8. The van der Waals surface area contributed by atoms with Crippen LogP contribution in [0.3, 0.4) is 0 Å². The zero-order valence-corrected chi connectivity index (χ0v) is 25.1. The molecule has 0 unspecified atom stereocenters. The van der Waals surface area contributed by atoms with Crippen LogP contribution in [0.1, 0.15) is 54.9 Å². The Balaban J connectivity index is 4.32. The molecule has 0 aromatic rings. The second-order valence-corrected chi connectivity index (χ2v) is 21.1. The number of hydrogen-bond donors (Lipinski definition) is 0. The fourth-order valence-electron chi connectivity index (χ4n) is 2.24. The molecule has 0 saturated heterocycles. The molecule has 0 bridgehead atoms. The molecular weight excluding hydrogens is 440 g/mol. The van der Waals surface area contributed by atoms with Crippen LogP contribution in [0, 0.1) is 0 Å². The Labute approximate surface area is 201 Å². The van der Waals surface area contributed by atoms with Crippen molar-refractivity contribution in [2.24, 2.45) is 0 Å². The number of ether oxygens (including phenoxy) is 4. The lowest BCUT2D eigenvalue weighted by Gasteiger charge is -2.36. The van der Waals surface area contributed by atoms with Gasteiger partial charge in [0.05, 0.1) is 52.9 Å². The van der Waals surface area contributed by atoms with Crippen LogP contribution >= 0.6 is 0 Å². The highest BCUT2D eigenvalue weighted by atomic mass is 28.4. The van der Waals surface area contributed by atoms with E-state index in [1.807, 2.05) is 0 Å². The number of hydrogen-bond acceptors (Lipinski definition) is 6. The maximum Gasteiger partial charge on any atom is 0.192 e. The van der Waals surface area contributed by atoms with Crippen LogP contribution in [0.5, 0.6) is 0 Å². The monoisotopic (exact) mass is 494 g/mol. The maximum absolute atomic E-state index is 6.18. The average molecular weight is 495 g/mol. The molecule has 0 heterocycles. The van der Waals surface area contributed by atoms with E-state index in [2.05, 4.69) is 74.7 Å². The molecule has 0 aliphatic rings. The summed E-state index contributed by atoms with van der Waals surface area (Å²) in [4.78, 5) is 0. The molecule has 0 saturated carbocycles. The molecule has 0 aromatic heterocycles. The molecule has 0 atom stereocenters. The molecule has 0 amide bonds. The van der Waals surface area contributed by atoms with E-state index in [4.69, 9.17) is 27.8 Å². The van der Waals surface area contributed by atoms with Crippen molar-refractivity contribution >= 4 is 16.6 Å². The highest BCUT2D eigenvalue weighted by Gasteiger charge is 2.37. The SMILES string of the molecule is CCCOCCOC(COCCO[Si](C)(C)C(C)(C)C)COCCO[Si](C)(C)C(C)(C)C. The quantitative estimate of drug-likeness (QED) is 0.175. The molecule has 8 heteroatoms. The van der Waals surface area contributed by atoms with Gasteiger partial charge in [-0.15, -0.1) is 0 Å². The topological polar surface area (TPSA) is 55.4 Å². The first-order valence-corrected chi connectivity index (χ1v) is 18.1. The van der Waals surface area contributed by atoms with Gasteiger partial charge in [0.1, 0.15) is 6.10 Å². The van der Waals surface area contributed by atoms with Crippen LogP contribution < -0.4 is 0 Å². The zero-order chi connectivity index (χ0) is 24.9. The third-order valence-electron chi connectivity index (χ3n) is 6.53. The van der Waals surface area contributed by atoms with E-state index in [-0.39, 0.29) is 16.2 Å². The normalized spacial score (nSPS) is 13.9. The zero-order valence-electron chi connectivity index (χ0n) is 23.1. The van der Waals surface area contributed by atoms with E-state index in [1.165, 1.54) is 0 Å². The average Bonchev–Trinajstić information content (AvgIpc) is 2.64. The lowest BCUT2D eigenvalue weighted by molar-refractivity contribution is -0.0778. The fourth-order valence-corrected chi connectivity index (χ4v) is 4.29. The third kappa shape index (κ3) is 13.8. The first-order valence-electron chi connectivity index (χ1n) is 12.3. The van der Waals surface area contributed by atoms with Crippen LogP contribution in [0.25, 0.3) is 0 Å². The van der Waals surface area contributed by atoms with Gasteiger partial charge >= 0.3 is 0 Å². The van der Waals surface area contributed by atoms with E-state index in [0.29, 0.717) is 52.9 Å². The van der Waals surface area contributed by atoms with Crippen LogP contribution in [-0.4, -0.2) is 82.2 Å². The van der Waals surface area contributed by atoms with Crippen molar-refractivity contribution in [1.29, 1.82) is 0 Å². The summed E-state index contributed by atoms with van der Waals surface area (Å²) in [5.41, 5.74) is 0. The van der Waals surface area contributed by atoms with Crippen molar-refractivity contribution in [2.45, 2.75) is 97.3 Å². The lowest BCUT2D eigenvalue weighted by atomic mass is 10.2. The smallest absolute Gasteiger partial charge is 0.192 e. The Hall–Kier alpha value is 0.194. The molecule has 0 aromatic carbocycles. The fraction of sp³-hybridized carbons (Fsp3) is 1.00. The second kappa shape index (κ2) is 15.2. The second-order valence-electron chi connectivity index (χ2n) is 11.5. The van der Waals surface area contributed by atoms with Crippen molar-refractivity contribution in [3.8, 4) is 0 Å². The third-order valence-corrected chi connectivity index (χ3v) is 15.6. The molecule has 0 rings (SSSR count). The van der Waals surface area contributed by atoms with Gasteiger partial charge in [-0.1, -0.05) is 48.5 Å². The van der Waals surface area contributed by atoms with Crippen LogP contribution in [-0.2, 0) is 27.8 Å². The summed E-state index contributed by atoms with van der Waals surface area (Å²) in [5, 5.41) is 0.412. The Morgan fingerprint density at radius 3 is 1.34 bits per heavy atom. The molecule has 0 aliphatic heterocycles. The standard InChI is InChI=1S/C24H54O6Si2/c1-12-13-25-14-17-28-22(20-26-15-18-29-31(8,9)23(2,3)4)21-27-16-19-30-32(10,11)24(5,6)7/h22H,12-21H2,1-11H3. The molecule has 0 aliphatic carbocycles. The minimum absolute atomic E-state index is 0.124. The summed E-state index contributed by atoms with van der Waals surface area (Å²) in [6, 6.07) is 0. The van der Waals surface area contributed by atoms with Gasteiger partial charge in [0, 0.05) is 6.61 Å². The molecule has 0 fully saturated rings. The van der Waals surface area contributed by atoms with Crippen LogP contribution in [0.2, 0.25) is 36.3 Å². The molecule has 194 valence electrons. The highest BCUT2D eigenvalue weighted by molar-refractivity contribution is 6.74. The van der Waals surface area contributed by atoms with Gasteiger partial charge < -0.3 is 27.8 Å². The Bertz CT molecular complexity index is 436. The van der Waals surface area contributed by atoms with Crippen LogP contribution in [0.4, 0.5) is 0 Å². The Morgan fingerprint density at radius 2 is 0.969 bits per heavy atom. The summed E-state index contributed by atoms with van der Waals surface area (Å²) in [7, 11) is -3.48. The van der Waals surface area contributed by atoms with Gasteiger partial charge in [0.15, 0.2) is 16.6 Å². The van der Waals surface area contributed by atoms with E-state index in [1.54, 1.807) is 0 Å². The summed E-state index contributed by atoms with van der Waals surface area (Å²) in [6.07, 6.45) is 0.888. The van der Waals surface area contributed by atoms with Crippen LogP contribution in [0.15, 0.2) is 0 Å². The van der Waals surface area contributed by atoms with Crippen molar-refractivity contribution in [3.63, 3.8) is 0 Å². The van der Waals surface area contributed by atoms with Gasteiger partial charge in [-0.3, -0.25) is 0 Å². The predicted molar refractivity (Wildman–Crippen MR) is 139 cm³/mol. The summed E-state index contributed by atoms with van der Waals surface area (Å²) < 4.78 is 35.6. The van der Waals surface area contributed by atoms with E-state index in [9.17, 15) is 0 Å². The Kier molecular flexibility index (Phi) is 15.3. The summed E-state index contributed by atoms with van der Waals surface area (Å²) >= 11 is 0. The largest absolute Gasteiger partial charge is 0.414 e. The van der Waals surface area contributed by atoms with E-state index >= 15 is 0 Å². The van der Waals surface area contributed by atoms with Gasteiger partial charge in [-0.05, 0) is 42.7 Å². The first-order chi connectivity index (χ1) is 14.6. The Morgan fingerprint density at radius 1 is 0.562 bits per heavy atom. The van der Waals surface area contributed by atoms with Crippen molar-refractivity contribution in [1.82, 2.24) is 0 Å². The minimum atomic E-state index is -1.74. The molecule has 0 N–H and O–H groups in total.